The van der Waals surface area contributed by atoms with Gasteiger partial charge in [0.05, 0.1) is 11.3 Å². The minimum atomic E-state index is -0.317. The van der Waals surface area contributed by atoms with Crippen molar-refractivity contribution in [1.29, 1.82) is 0 Å². The number of thioether (sulfide) groups is 1. The Bertz CT molecular complexity index is 1250. The molecule has 0 saturated heterocycles. The van der Waals surface area contributed by atoms with Gasteiger partial charge in [0.15, 0.2) is 0 Å². The second-order valence-electron chi connectivity index (χ2n) is 7.23. The summed E-state index contributed by atoms with van der Waals surface area (Å²) < 4.78 is 13.6. The Hall–Kier alpha value is -3.13. The predicted molar refractivity (Wildman–Crippen MR) is 125 cm³/mol. The van der Waals surface area contributed by atoms with Crippen LogP contribution in [0.25, 0.3) is 21.9 Å². The van der Waals surface area contributed by atoms with Gasteiger partial charge in [-0.3, -0.25) is 4.79 Å². The molecule has 0 aliphatic heterocycles. The third-order valence-corrected chi connectivity index (χ3v) is 6.25. The molecule has 6 nitrogen and oxygen atoms in total. The van der Waals surface area contributed by atoms with Crippen LogP contribution in [0.4, 0.5) is 15.8 Å². The molecule has 0 aliphatic rings. The van der Waals surface area contributed by atoms with Gasteiger partial charge >= 0.3 is 0 Å². The van der Waals surface area contributed by atoms with Crippen LogP contribution in [0.3, 0.4) is 0 Å². The van der Waals surface area contributed by atoms with Crippen LogP contribution in [0.2, 0.25) is 0 Å². The van der Waals surface area contributed by atoms with Crippen LogP contribution in [-0.2, 0) is 4.79 Å². The molecule has 0 spiro atoms. The Morgan fingerprint density at radius 1 is 1.16 bits per heavy atom. The SMILES string of the molecule is CCN(CC)c1ccc(NC(=O)CSc2ncnc3c2[nH]c2ccc(F)cc23)c(C)c1. The van der Waals surface area contributed by atoms with Gasteiger partial charge in [0.25, 0.3) is 0 Å². The fourth-order valence-corrected chi connectivity index (χ4v) is 4.40. The van der Waals surface area contributed by atoms with Crippen molar-refractivity contribution in [1.82, 2.24) is 15.0 Å². The summed E-state index contributed by atoms with van der Waals surface area (Å²) in [5.41, 5.74) is 5.11. The molecule has 0 aliphatic carbocycles. The van der Waals surface area contributed by atoms with E-state index in [1.54, 1.807) is 6.07 Å². The number of carbonyl (C=O) groups is 1. The van der Waals surface area contributed by atoms with Crippen LogP contribution in [0.15, 0.2) is 47.8 Å². The molecular formula is C23H24FN5OS. The number of amides is 1. The number of anilines is 2. The zero-order valence-electron chi connectivity index (χ0n) is 17.7. The number of hydrogen-bond acceptors (Lipinski definition) is 5. The number of H-pyrrole nitrogens is 1. The first kappa shape index (κ1) is 21.1. The third kappa shape index (κ3) is 4.34. The van der Waals surface area contributed by atoms with Crippen LogP contribution in [0.5, 0.6) is 0 Å². The first-order chi connectivity index (χ1) is 15.0. The molecule has 1 amide bonds. The lowest BCUT2D eigenvalue weighted by Crippen LogP contribution is -2.22. The van der Waals surface area contributed by atoms with Gasteiger partial charge in [-0.05, 0) is 62.7 Å². The maximum Gasteiger partial charge on any atom is 0.234 e. The minimum absolute atomic E-state index is 0.113. The van der Waals surface area contributed by atoms with Gasteiger partial charge in [-0.25, -0.2) is 14.4 Å². The van der Waals surface area contributed by atoms with E-state index in [1.165, 1.54) is 30.2 Å². The summed E-state index contributed by atoms with van der Waals surface area (Å²) >= 11 is 1.32. The van der Waals surface area contributed by atoms with E-state index in [0.717, 1.165) is 35.5 Å². The van der Waals surface area contributed by atoms with E-state index < -0.39 is 0 Å². The summed E-state index contributed by atoms with van der Waals surface area (Å²) in [6, 6.07) is 10.6. The molecule has 8 heteroatoms. The van der Waals surface area contributed by atoms with Gasteiger partial charge in [0.1, 0.15) is 22.7 Å². The monoisotopic (exact) mass is 437 g/mol. The van der Waals surface area contributed by atoms with Gasteiger partial charge in [-0.1, -0.05) is 11.8 Å². The second-order valence-corrected chi connectivity index (χ2v) is 8.19. The van der Waals surface area contributed by atoms with Gasteiger partial charge < -0.3 is 15.2 Å². The van der Waals surface area contributed by atoms with E-state index in [4.69, 9.17) is 0 Å². The zero-order chi connectivity index (χ0) is 22.0. The van der Waals surface area contributed by atoms with Crippen molar-refractivity contribution in [3.05, 3.63) is 54.1 Å². The molecular weight excluding hydrogens is 413 g/mol. The molecule has 0 radical (unpaired) electrons. The molecule has 0 atom stereocenters. The molecule has 31 heavy (non-hydrogen) atoms. The van der Waals surface area contributed by atoms with Crippen molar-refractivity contribution in [2.45, 2.75) is 25.8 Å². The normalized spacial score (nSPS) is 11.2. The van der Waals surface area contributed by atoms with E-state index in [0.29, 0.717) is 21.4 Å². The van der Waals surface area contributed by atoms with Crippen LogP contribution >= 0.6 is 11.8 Å². The van der Waals surface area contributed by atoms with Crippen LogP contribution in [0, 0.1) is 12.7 Å². The predicted octanol–water partition coefficient (Wildman–Crippen LogP) is 5.14. The van der Waals surface area contributed by atoms with E-state index >= 15 is 0 Å². The van der Waals surface area contributed by atoms with Gasteiger partial charge in [-0.15, -0.1) is 0 Å². The van der Waals surface area contributed by atoms with Crippen molar-refractivity contribution in [2.75, 3.05) is 29.1 Å². The molecule has 2 aromatic heterocycles. The summed E-state index contributed by atoms with van der Waals surface area (Å²) in [4.78, 5) is 26.7. The average Bonchev–Trinajstić information content (AvgIpc) is 3.13. The zero-order valence-corrected chi connectivity index (χ0v) is 18.5. The number of aromatic nitrogens is 3. The van der Waals surface area contributed by atoms with Crippen molar-refractivity contribution < 1.29 is 9.18 Å². The molecule has 0 unspecified atom stereocenters. The van der Waals surface area contributed by atoms with Crippen LogP contribution in [0.1, 0.15) is 19.4 Å². The summed E-state index contributed by atoms with van der Waals surface area (Å²) in [6.45, 7) is 8.12. The standard InChI is InChI=1S/C23H24FN5OS/c1-4-29(5-2)16-7-9-18(14(3)10-16)27-20(30)12-31-23-22-21(25-13-26-23)17-11-15(24)6-8-19(17)28-22/h6-11,13,28H,4-5,12H2,1-3H3,(H,27,30). The molecule has 4 rings (SSSR count). The topological polar surface area (TPSA) is 73.9 Å². The first-order valence-corrected chi connectivity index (χ1v) is 11.2. The summed E-state index contributed by atoms with van der Waals surface area (Å²) in [7, 11) is 0. The number of aromatic amines is 1. The maximum absolute atomic E-state index is 13.6. The molecule has 0 bridgehead atoms. The molecule has 0 saturated carbocycles. The van der Waals surface area contributed by atoms with Crippen molar-refractivity contribution in [3.8, 4) is 0 Å². The number of fused-ring (bicyclic) bond motifs is 3. The van der Waals surface area contributed by atoms with E-state index in [2.05, 4.69) is 45.1 Å². The second kappa shape index (κ2) is 8.93. The number of benzene rings is 2. The van der Waals surface area contributed by atoms with E-state index in [1.807, 2.05) is 19.1 Å². The Morgan fingerprint density at radius 3 is 2.71 bits per heavy atom. The number of halogens is 1. The number of nitrogens with zero attached hydrogens (tertiary/aromatic N) is 3. The fourth-order valence-electron chi connectivity index (χ4n) is 3.65. The highest BCUT2D eigenvalue weighted by molar-refractivity contribution is 8.00. The number of hydrogen-bond donors (Lipinski definition) is 2. The Labute approximate surface area is 184 Å². The third-order valence-electron chi connectivity index (χ3n) is 5.26. The first-order valence-electron chi connectivity index (χ1n) is 10.2. The number of nitrogens with one attached hydrogen (secondary N) is 2. The molecule has 2 N–H and O–H groups in total. The van der Waals surface area contributed by atoms with E-state index in [9.17, 15) is 9.18 Å². The fraction of sp³-hybridized carbons (Fsp3) is 0.261. The van der Waals surface area contributed by atoms with Gasteiger partial charge in [0.2, 0.25) is 5.91 Å². The minimum Gasteiger partial charge on any atom is -0.372 e. The van der Waals surface area contributed by atoms with Crippen LogP contribution < -0.4 is 10.2 Å². The highest BCUT2D eigenvalue weighted by Gasteiger charge is 2.14. The smallest absolute Gasteiger partial charge is 0.234 e. The summed E-state index contributed by atoms with van der Waals surface area (Å²) in [5, 5.41) is 4.34. The van der Waals surface area contributed by atoms with Crippen molar-refractivity contribution in [3.63, 3.8) is 0 Å². The molecule has 2 heterocycles. The Balaban J connectivity index is 1.48. The lowest BCUT2D eigenvalue weighted by atomic mass is 10.1. The van der Waals surface area contributed by atoms with Crippen molar-refractivity contribution >= 4 is 51.0 Å². The van der Waals surface area contributed by atoms with Gasteiger partial charge in [-0.2, -0.15) is 0 Å². The molecule has 4 aromatic rings. The highest BCUT2D eigenvalue weighted by Crippen LogP contribution is 2.30. The molecule has 160 valence electrons. The Morgan fingerprint density at radius 2 is 1.97 bits per heavy atom. The van der Waals surface area contributed by atoms with Crippen molar-refractivity contribution in [2.24, 2.45) is 0 Å². The lowest BCUT2D eigenvalue weighted by Gasteiger charge is -2.22. The Kier molecular flexibility index (Phi) is 6.08. The van der Waals surface area contributed by atoms with Crippen LogP contribution in [-0.4, -0.2) is 39.7 Å². The van der Waals surface area contributed by atoms with Gasteiger partial charge in [0, 0.05) is 35.4 Å². The average molecular weight is 438 g/mol. The number of rotatable bonds is 7. The lowest BCUT2D eigenvalue weighted by molar-refractivity contribution is -0.113. The molecule has 2 aromatic carbocycles. The summed E-state index contributed by atoms with van der Waals surface area (Å²) in [6.07, 6.45) is 1.44. The maximum atomic E-state index is 13.6. The molecule has 0 fully saturated rings. The number of aryl methyl sites for hydroxylation is 1. The largest absolute Gasteiger partial charge is 0.372 e. The summed E-state index contributed by atoms with van der Waals surface area (Å²) in [5.74, 6) is -0.229. The highest BCUT2D eigenvalue weighted by atomic mass is 32.2. The quantitative estimate of drug-likeness (QED) is 0.309. The number of carbonyl (C=O) groups excluding carboxylic acids is 1. The van der Waals surface area contributed by atoms with E-state index in [-0.39, 0.29) is 17.5 Å².